The molecular weight excluding hydrogens is 190 g/mol. The molecular formula is C7H15N3O4. The van der Waals surface area contributed by atoms with Gasteiger partial charge in [-0.1, -0.05) is 0 Å². The second-order valence-electron chi connectivity index (χ2n) is 2.50. The maximum atomic E-state index is 10.9. The van der Waals surface area contributed by atoms with Gasteiger partial charge >= 0.3 is 11.8 Å². The van der Waals surface area contributed by atoms with Crippen molar-refractivity contribution < 1.29 is 19.1 Å². The lowest BCUT2D eigenvalue weighted by Gasteiger charge is -2.14. The number of nitrogens with two attached hydrogens (primary N) is 1. The van der Waals surface area contributed by atoms with Crippen molar-refractivity contribution in [3.8, 4) is 0 Å². The fourth-order valence-electron chi connectivity index (χ4n) is 0.749. The molecule has 4 N–H and O–H groups in total. The molecule has 0 aliphatic carbocycles. The predicted molar refractivity (Wildman–Crippen MR) is 48.0 cm³/mol. The first-order chi connectivity index (χ1) is 6.65. The minimum Gasteiger partial charge on any atom is -0.382 e. The monoisotopic (exact) mass is 205 g/mol. The molecule has 0 saturated carbocycles. The summed E-state index contributed by atoms with van der Waals surface area (Å²) < 4.78 is 9.76. The molecule has 7 nitrogen and oxygen atoms in total. The third-order valence-corrected chi connectivity index (χ3v) is 1.51. The number of hydrogen-bond acceptors (Lipinski definition) is 5. The van der Waals surface area contributed by atoms with Crippen LogP contribution in [-0.2, 0) is 19.1 Å². The summed E-state index contributed by atoms with van der Waals surface area (Å²) in [6.07, 6.45) is -0.283. The van der Waals surface area contributed by atoms with Gasteiger partial charge < -0.3 is 14.8 Å². The first kappa shape index (κ1) is 12.8. The Morgan fingerprint density at radius 3 is 2.43 bits per heavy atom. The fraction of sp³-hybridized carbons (Fsp3) is 0.714. The number of carbonyl (C=O) groups is 2. The molecule has 82 valence electrons. The van der Waals surface area contributed by atoms with Crippen LogP contribution in [0.3, 0.4) is 0 Å². The topological polar surface area (TPSA) is 103 Å². The van der Waals surface area contributed by atoms with Gasteiger partial charge in [0.2, 0.25) is 0 Å². The maximum absolute atomic E-state index is 10.9. The lowest BCUT2D eigenvalue weighted by atomic mass is 10.3. The molecule has 14 heavy (non-hydrogen) atoms. The summed E-state index contributed by atoms with van der Waals surface area (Å²) in [5.41, 5.74) is 1.72. The Kier molecular flexibility index (Phi) is 6.63. The Bertz CT molecular complexity index is 197. The highest BCUT2D eigenvalue weighted by Gasteiger charge is 2.14. The molecule has 2 amide bonds. The Morgan fingerprint density at radius 1 is 1.36 bits per heavy atom. The number of ether oxygens (including phenoxy) is 2. The molecule has 0 aromatic rings. The second kappa shape index (κ2) is 7.25. The third-order valence-electron chi connectivity index (χ3n) is 1.51. The van der Waals surface area contributed by atoms with Gasteiger partial charge in [-0.05, 0) is 0 Å². The van der Waals surface area contributed by atoms with E-state index in [1.54, 1.807) is 5.43 Å². The summed E-state index contributed by atoms with van der Waals surface area (Å²) >= 11 is 0. The molecule has 1 atom stereocenters. The van der Waals surface area contributed by atoms with Crippen molar-refractivity contribution >= 4 is 11.8 Å². The molecule has 0 saturated heterocycles. The largest absolute Gasteiger partial charge is 0.382 e. The van der Waals surface area contributed by atoms with Gasteiger partial charge in [0.05, 0.1) is 12.7 Å². The molecule has 0 radical (unpaired) electrons. The molecule has 0 aliphatic rings. The third kappa shape index (κ3) is 4.75. The summed E-state index contributed by atoms with van der Waals surface area (Å²) in [7, 11) is 3.00. The van der Waals surface area contributed by atoms with Crippen LogP contribution in [0, 0.1) is 0 Å². The predicted octanol–water partition coefficient (Wildman–Crippen LogP) is -2.25. The van der Waals surface area contributed by atoms with E-state index in [0.29, 0.717) is 6.61 Å². The molecule has 0 heterocycles. The standard InChI is InChI=1S/C7H15N3O4/c1-13-4-5(14-2)3-9-6(11)7(12)10-8/h5H,3-4,8H2,1-2H3,(H,9,11)(H,10,12). The highest BCUT2D eigenvalue weighted by atomic mass is 16.5. The number of amides is 2. The van der Waals surface area contributed by atoms with Crippen LogP contribution < -0.4 is 16.6 Å². The lowest BCUT2D eigenvalue weighted by Crippen LogP contribution is -2.46. The molecule has 0 spiro atoms. The Morgan fingerprint density at radius 2 is 2.00 bits per heavy atom. The van der Waals surface area contributed by atoms with Gasteiger partial charge in [-0.25, -0.2) is 5.84 Å². The fourth-order valence-corrected chi connectivity index (χ4v) is 0.749. The summed E-state index contributed by atoms with van der Waals surface area (Å²) in [5, 5.41) is 2.33. The SMILES string of the molecule is COCC(CNC(=O)C(=O)NN)OC. The Balaban J connectivity index is 3.79. The van der Waals surface area contributed by atoms with E-state index in [2.05, 4.69) is 5.32 Å². The van der Waals surface area contributed by atoms with Crippen LogP contribution in [0.1, 0.15) is 0 Å². The van der Waals surface area contributed by atoms with Crippen molar-refractivity contribution in [2.24, 2.45) is 5.84 Å². The van der Waals surface area contributed by atoms with Crippen LogP contribution in [0.5, 0.6) is 0 Å². The van der Waals surface area contributed by atoms with E-state index in [4.69, 9.17) is 15.3 Å². The highest BCUT2D eigenvalue weighted by molar-refractivity contribution is 6.34. The molecule has 0 aromatic heterocycles. The zero-order chi connectivity index (χ0) is 11.0. The number of rotatable bonds is 5. The zero-order valence-corrected chi connectivity index (χ0v) is 8.20. The van der Waals surface area contributed by atoms with Crippen LogP contribution >= 0.6 is 0 Å². The molecule has 0 fully saturated rings. The summed E-state index contributed by atoms with van der Waals surface area (Å²) in [5.74, 6) is 3.06. The van der Waals surface area contributed by atoms with Crippen LogP contribution in [0.25, 0.3) is 0 Å². The van der Waals surface area contributed by atoms with E-state index in [1.807, 2.05) is 0 Å². The summed E-state index contributed by atoms with van der Waals surface area (Å²) in [4.78, 5) is 21.5. The number of methoxy groups -OCH3 is 2. The minimum absolute atomic E-state index is 0.191. The van der Waals surface area contributed by atoms with Crippen LogP contribution in [0.2, 0.25) is 0 Å². The van der Waals surface area contributed by atoms with Crippen molar-refractivity contribution in [2.75, 3.05) is 27.4 Å². The Hall–Kier alpha value is -1.18. The number of hydrogen-bond donors (Lipinski definition) is 3. The highest BCUT2D eigenvalue weighted by Crippen LogP contribution is 1.88. The van der Waals surface area contributed by atoms with Gasteiger partial charge in [-0.3, -0.25) is 15.0 Å². The van der Waals surface area contributed by atoms with Crippen LogP contribution in [-0.4, -0.2) is 45.3 Å². The van der Waals surface area contributed by atoms with Crippen molar-refractivity contribution in [2.45, 2.75) is 6.10 Å². The van der Waals surface area contributed by atoms with Gasteiger partial charge in [0.25, 0.3) is 0 Å². The van der Waals surface area contributed by atoms with Crippen LogP contribution in [0.4, 0.5) is 0 Å². The van der Waals surface area contributed by atoms with E-state index in [0.717, 1.165) is 0 Å². The van der Waals surface area contributed by atoms with E-state index < -0.39 is 11.8 Å². The lowest BCUT2D eigenvalue weighted by molar-refractivity contribution is -0.139. The zero-order valence-electron chi connectivity index (χ0n) is 8.20. The summed E-state index contributed by atoms with van der Waals surface area (Å²) in [6, 6.07) is 0. The van der Waals surface area contributed by atoms with Gasteiger partial charge in [0.15, 0.2) is 0 Å². The normalized spacial score (nSPS) is 11.9. The van der Waals surface area contributed by atoms with Gasteiger partial charge in [-0.2, -0.15) is 0 Å². The van der Waals surface area contributed by atoms with E-state index in [-0.39, 0.29) is 12.6 Å². The van der Waals surface area contributed by atoms with E-state index in [9.17, 15) is 9.59 Å². The van der Waals surface area contributed by atoms with Crippen molar-refractivity contribution in [1.82, 2.24) is 10.7 Å². The average molecular weight is 205 g/mol. The molecule has 0 aliphatic heterocycles. The maximum Gasteiger partial charge on any atom is 0.323 e. The average Bonchev–Trinajstić information content (AvgIpc) is 2.22. The van der Waals surface area contributed by atoms with Crippen molar-refractivity contribution in [1.29, 1.82) is 0 Å². The first-order valence-electron chi connectivity index (χ1n) is 3.96. The van der Waals surface area contributed by atoms with Crippen LogP contribution in [0.15, 0.2) is 0 Å². The summed E-state index contributed by atoms with van der Waals surface area (Å²) in [6.45, 7) is 0.525. The van der Waals surface area contributed by atoms with Gasteiger partial charge in [0.1, 0.15) is 0 Å². The second-order valence-corrected chi connectivity index (χ2v) is 2.50. The number of nitrogens with one attached hydrogen (secondary N) is 2. The van der Waals surface area contributed by atoms with Gasteiger partial charge in [-0.15, -0.1) is 0 Å². The minimum atomic E-state index is -0.891. The van der Waals surface area contributed by atoms with Crippen molar-refractivity contribution in [3.05, 3.63) is 0 Å². The molecule has 7 heteroatoms. The van der Waals surface area contributed by atoms with E-state index >= 15 is 0 Å². The molecule has 0 aromatic carbocycles. The molecule has 0 rings (SSSR count). The molecule has 0 bridgehead atoms. The quantitative estimate of drug-likeness (QED) is 0.204. The number of carbonyl (C=O) groups excluding carboxylic acids is 2. The first-order valence-corrected chi connectivity index (χ1v) is 3.96. The Labute approximate surface area is 81.9 Å². The smallest absolute Gasteiger partial charge is 0.323 e. The van der Waals surface area contributed by atoms with Gasteiger partial charge in [0, 0.05) is 20.8 Å². The van der Waals surface area contributed by atoms with Crippen molar-refractivity contribution in [3.63, 3.8) is 0 Å². The number of hydrazine groups is 1. The molecule has 1 unspecified atom stereocenters. The van der Waals surface area contributed by atoms with E-state index in [1.165, 1.54) is 14.2 Å².